The Labute approximate surface area is 67.3 Å². The maximum Gasteiger partial charge on any atom is 0.163 e. The SMILES string of the molecule is CC[C@H](O)[C@H]1COC(C)(C)O1. The zero-order valence-electron chi connectivity index (χ0n) is 7.33. The first-order chi connectivity index (χ1) is 5.05. The Hall–Kier alpha value is -0.120. The highest BCUT2D eigenvalue weighted by molar-refractivity contribution is 4.76. The van der Waals surface area contributed by atoms with Crippen molar-refractivity contribution in [2.75, 3.05) is 6.61 Å². The highest BCUT2D eigenvalue weighted by Gasteiger charge is 2.35. The van der Waals surface area contributed by atoms with E-state index in [0.29, 0.717) is 13.0 Å². The molecule has 2 atom stereocenters. The van der Waals surface area contributed by atoms with Crippen LogP contribution in [0.15, 0.2) is 0 Å². The Balaban J connectivity index is 2.41. The zero-order valence-corrected chi connectivity index (χ0v) is 7.33. The van der Waals surface area contributed by atoms with E-state index in [4.69, 9.17) is 9.47 Å². The van der Waals surface area contributed by atoms with Crippen LogP contribution >= 0.6 is 0 Å². The second-order valence-corrected chi connectivity index (χ2v) is 3.34. The van der Waals surface area contributed by atoms with Gasteiger partial charge < -0.3 is 14.6 Å². The van der Waals surface area contributed by atoms with E-state index in [1.165, 1.54) is 0 Å². The smallest absolute Gasteiger partial charge is 0.163 e. The number of ether oxygens (including phenoxy) is 2. The topological polar surface area (TPSA) is 38.7 Å². The van der Waals surface area contributed by atoms with Gasteiger partial charge in [0.25, 0.3) is 0 Å². The summed E-state index contributed by atoms with van der Waals surface area (Å²) in [6.07, 6.45) is 0.177. The lowest BCUT2D eigenvalue weighted by Crippen LogP contribution is -2.29. The number of aliphatic hydroxyl groups excluding tert-OH is 1. The van der Waals surface area contributed by atoms with Crippen molar-refractivity contribution in [3.05, 3.63) is 0 Å². The number of hydrogen-bond acceptors (Lipinski definition) is 3. The molecule has 1 aliphatic heterocycles. The van der Waals surface area contributed by atoms with E-state index in [1.807, 2.05) is 20.8 Å². The van der Waals surface area contributed by atoms with Crippen molar-refractivity contribution in [1.82, 2.24) is 0 Å². The van der Waals surface area contributed by atoms with Gasteiger partial charge >= 0.3 is 0 Å². The van der Waals surface area contributed by atoms with Crippen molar-refractivity contribution in [2.45, 2.75) is 45.2 Å². The fourth-order valence-corrected chi connectivity index (χ4v) is 1.17. The lowest BCUT2D eigenvalue weighted by molar-refractivity contribution is -0.151. The summed E-state index contributed by atoms with van der Waals surface area (Å²) in [4.78, 5) is 0. The predicted octanol–water partition coefficient (Wildman–Crippen LogP) is 0.909. The fourth-order valence-electron chi connectivity index (χ4n) is 1.17. The van der Waals surface area contributed by atoms with E-state index in [1.54, 1.807) is 0 Å². The van der Waals surface area contributed by atoms with Gasteiger partial charge in [0.15, 0.2) is 5.79 Å². The van der Waals surface area contributed by atoms with Gasteiger partial charge in [0.1, 0.15) is 6.10 Å². The molecule has 1 aliphatic rings. The molecule has 0 aromatic heterocycles. The maximum absolute atomic E-state index is 9.38. The molecule has 0 aromatic rings. The summed E-state index contributed by atoms with van der Waals surface area (Å²) in [7, 11) is 0. The van der Waals surface area contributed by atoms with Crippen LogP contribution in [0, 0.1) is 0 Å². The molecule has 0 radical (unpaired) electrons. The first kappa shape index (κ1) is 8.97. The monoisotopic (exact) mass is 160 g/mol. The minimum absolute atomic E-state index is 0.144. The summed E-state index contributed by atoms with van der Waals surface area (Å²) in [5.41, 5.74) is 0. The van der Waals surface area contributed by atoms with Crippen molar-refractivity contribution in [3.8, 4) is 0 Å². The average Bonchev–Trinajstić information content (AvgIpc) is 2.29. The van der Waals surface area contributed by atoms with Gasteiger partial charge in [-0.25, -0.2) is 0 Å². The van der Waals surface area contributed by atoms with E-state index in [9.17, 15) is 5.11 Å². The van der Waals surface area contributed by atoms with Gasteiger partial charge in [0.05, 0.1) is 12.7 Å². The van der Waals surface area contributed by atoms with Crippen LogP contribution in [0.5, 0.6) is 0 Å². The summed E-state index contributed by atoms with van der Waals surface area (Å²) in [6, 6.07) is 0. The molecule has 1 heterocycles. The molecule has 3 nitrogen and oxygen atoms in total. The summed E-state index contributed by atoms with van der Waals surface area (Å²) in [5, 5.41) is 9.38. The van der Waals surface area contributed by atoms with Gasteiger partial charge in [-0.1, -0.05) is 6.92 Å². The zero-order chi connectivity index (χ0) is 8.48. The molecule has 1 fully saturated rings. The summed E-state index contributed by atoms with van der Waals surface area (Å²) < 4.78 is 10.7. The van der Waals surface area contributed by atoms with Crippen molar-refractivity contribution in [2.24, 2.45) is 0 Å². The highest BCUT2D eigenvalue weighted by atomic mass is 16.7. The van der Waals surface area contributed by atoms with Gasteiger partial charge in [0, 0.05) is 0 Å². The third kappa shape index (κ3) is 2.15. The molecule has 11 heavy (non-hydrogen) atoms. The Morgan fingerprint density at radius 1 is 1.64 bits per heavy atom. The third-order valence-corrected chi connectivity index (χ3v) is 1.88. The molecule has 0 bridgehead atoms. The van der Waals surface area contributed by atoms with E-state index >= 15 is 0 Å². The minimum Gasteiger partial charge on any atom is -0.390 e. The Morgan fingerprint density at radius 2 is 2.27 bits per heavy atom. The van der Waals surface area contributed by atoms with Crippen molar-refractivity contribution in [3.63, 3.8) is 0 Å². The quantitative estimate of drug-likeness (QED) is 0.652. The van der Waals surface area contributed by atoms with Gasteiger partial charge in [-0.3, -0.25) is 0 Å². The van der Waals surface area contributed by atoms with Crippen LogP contribution in [-0.2, 0) is 9.47 Å². The van der Waals surface area contributed by atoms with E-state index in [-0.39, 0.29) is 6.10 Å². The standard InChI is InChI=1S/C8H16O3/c1-4-6(9)7-5-10-8(2,3)11-7/h6-7,9H,4-5H2,1-3H3/t6-,7+/m0/s1. The van der Waals surface area contributed by atoms with E-state index in [0.717, 1.165) is 0 Å². The molecular weight excluding hydrogens is 144 g/mol. The predicted molar refractivity (Wildman–Crippen MR) is 41.2 cm³/mol. The molecule has 0 saturated carbocycles. The molecule has 3 heteroatoms. The molecule has 0 aliphatic carbocycles. The van der Waals surface area contributed by atoms with Crippen LogP contribution in [0.1, 0.15) is 27.2 Å². The van der Waals surface area contributed by atoms with Crippen LogP contribution < -0.4 is 0 Å². The molecule has 0 aromatic carbocycles. The molecule has 0 unspecified atom stereocenters. The molecular formula is C8H16O3. The second-order valence-electron chi connectivity index (χ2n) is 3.34. The Bertz CT molecular complexity index is 133. The van der Waals surface area contributed by atoms with Crippen LogP contribution in [-0.4, -0.2) is 29.7 Å². The number of rotatable bonds is 2. The lowest BCUT2D eigenvalue weighted by atomic mass is 10.2. The van der Waals surface area contributed by atoms with Crippen LogP contribution in [0.4, 0.5) is 0 Å². The van der Waals surface area contributed by atoms with Crippen LogP contribution in [0.2, 0.25) is 0 Å². The van der Waals surface area contributed by atoms with Crippen LogP contribution in [0.25, 0.3) is 0 Å². The molecule has 66 valence electrons. The molecule has 0 amide bonds. The second kappa shape index (κ2) is 3.09. The average molecular weight is 160 g/mol. The third-order valence-electron chi connectivity index (χ3n) is 1.88. The molecule has 1 N–H and O–H groups in total. The lowest BCUT2D eigenvalue weighted by Gasteiger charge is -2.19. The van der Waals surface area contributed by atoms with Gasteiger partial charge in [-0.15, -0.1) is 0 Å². The highest BCUT2D eigenvalue weighted by Crippen LogP contribution is 2.24. The molecule has 0 spiro atoms. The summed E-state index contributed by atoms with van der Waals surface area (Å²) in [5.74, 6) is -0.513. The maximum atomic E-state index is 9.38. The van der Waals surface area contributed by atoms with E-state index < -0.39 is 11.9 Å². The van der Waals surface area contributed by atoms with Gasteiger partial charge in [-0.05, 0) is 20.3 Å². The molecule has 1 saturated heterocycles. The van der Waals surface area contributed by atoms with Gasteiger partial charge in [-0.2, -0.15) is 0 Å². The normalized spacial score (nSPS) is 32.2. The first-order valence-electron chi connectivity index (χ1n) is 4.05. The summed E-state index contributed by atoms with van der Waals surface area (Å²) in [6.45, 7) is 6.14. The Kier molecular flexibility index (Phi) is 2.52. The minimum atomic E-state index is -0.513. The van der Waals surface area contributed by atoms with Crippen molar-refractivity contribution >= 4 is 0 Å². The Morgan fingerprint density at radius 3 is 2.64 bits per heavy atom. The van der Waals surface area contributed by atoms with Crippen LogP contribution in [0.3, 0.4) is 0 Å². The van der Waals surface area contributed by atoms with Gasteiger partial charge in [0.2, 0.25) is 0 Å². The number of aliphatic hydroxyl groups is 1. The van der Waals surface area contributed by atoms with Crippen molar-refractivity contribution < 1.29 is 14.6 Å². The van der Waals surface area contributed by atoms with Crippen molar-refractivity contribution in [1.29, 1.82) is 0 Å². The van der Waals surface area contributed by atoms with E-state index in [2.05, 4.69) is 0 Å². The fraction of sp³-hybridized carbons (Fsp3) is 1.00. The molecule has 1 rings (SSSR count). The number of hydrogen-bond donors (Lipinski definition) is 1. The largest absolute Gasteiger partial charge is 0.390 e. The first-order valence-corrected chi connectivity index (χ1v) is 4.05. The summed E-state index contributed by atoms with van der Waals surface area (Å²) >= 11 is 0.